The second-order valence-corrected chi connectivity index (χ2v) is 7.32. The highest BCUT2D eigenvalue weighted by Gasteiger charge is 2.33. The maximum absolute atomic E-state index is 14.7. The molecule has 2 fully saturated rings. The van der Waals surface area contributed by atoms with Crippen LogP contribution in [0, 0.1) is 11.7 Å². The predicted molar refractivity (Wildman–Crippen MR) is 96.6 cm³/mol. The molecule has 0 bridgehead atoms. The van der Waals surface area contributed by atoms with E-state index < -0.39 is 17.1 Å². The van der Waals surface area contributed by atoms with Crippen LogP contribution in [0.3, 0.4) is 0 Å². The number of fused-ring (bicyclic) bond motifs is 1. The summed E-state index contributed by atoms with van der Waals surface area (Å²) in [6.07, 6.45) is 3.73. The van der Waals surface area contributed by atoms with E-state index in [4.69, 9.17) is 5.84 Å². The van der Waals surface area contributed by atoms with Crippen LogP contribution >= 0.6 is 0 Å². The van der Waals surface area contributed by atoms with Crippen molar-refractivity contribution in [1.29, 1.82) is 0 Å². The van der Waals surface area contributed by atoms with E-state index in [1.807, 2.05) is 11.9 Å². The molecular formula is C17H23FN6O2. The number of nitrogens with zero attached hydrogens (tertiary/aromatic N) is 4. The van der Waals surface area contributed by atoms with Gasteiger partial charge in [0.25, 0.3) is 5.56 Å². The number of aromatic nitrogens is 3. The molecule has 2 aliphatic rings. The molecule has 9 heteroatoms. The monoisotopic (exact) mass is 362 g/mol. The molecule has 1 saturated carbocycles. The van der Waals surface area contributed by atoms with Crippen molar-refractivity contribution < 1.29 is 4.39 Å². The number of halogens is 1. The van der Waals surface area contributed by atoms with Gasteiger partial charge >= 0.3 is 5.69 Å². The van der Waals surface area contributed by atoms with Crippen molar-refractivity contribution in [2.75, 3.05) is 30.9 Å². The average molecular weight is 362 g/mol. The molecule has 0 unspecified atom stereocenters. The van der Waals surface area contributed by atoms with E-state index in [0.29, 0.717) is 35.3 Å². The second kappa shape index (κ2) is 6.08. The van der Waals surface area contributed by atoms with E-state index in [0.717, 1.165) is 29.9 Å². The van der Waals surface area contributed by atoms with Gasteiger partial charge in [-0.25, -0.2) is 18.6 Å². The third-order valence-electron chi connectivity index (χ3n) is 5.67. The zero-order valence-corrected chi connectivity index (χ0v) is 14.9. The van der Waals surface area contributed by atoms with Crippen molar-refractivity contribution in [2.45, 2.75) is 38.1 Å². The van der Waals surface area contributed by atoms with Crippen molar-refractivity contribution in [3.05, 3.63) is 38.4 Å². The van der Waals surface area contributed by atoms with Gasteiger partial charge in [-0.3, -0.25) is 4.79 Å². The summed E-state index contributed by atoms with van der Waals surface area (Å²) < 4.78 is 16.3. The fraction of sp³-hybridized carbons (Fsp3) is 0.588. The molecule has 1 saturated heterocycles. The number of rotatable bonds is 4. The first-order valence-electron chi connectivity index (χ1n) is 8.97. The fourth-order valence-electron chi connectivity index (χ4n) is 3.78. The van der Waals surface area contributed by atoms with E-state index in [9.17, 15) is 14.0 Å². The highest BCUT2D eigenvalue weighted by atomic mass is 19.1. The van der Waals surface area contributed by atoms with Crippen LogP contribution in [-0.2, 0) is 0 Å². The molecule has 8 nitrogen and oxygen atoms in total. The zero-order valence-electron chi connectivity index (χ0n) is 14.9. The van der Waals surface area contributed by atoms with Gasteiger partial charge in [-0.2, -0.15) is 4.68 Å². The van der Waals surface area contributed by atoms with Gasteiger partial charge in [0.15, 0.2) is 17.3 Å². The molecule has 0 amide bonds. The number of nitrogen functional groups attached to an aromatic ring is 1. The fourth-order valence-corrected chi connectivity index (χ4v) is 3.78. The van der Waals surface area contributed by atoms with Crippen LogP contribution in [0.25, 0.3) is 5.65 Å². The van der Waals surface area contributed by atoms with Crippen molar-refractivity contribution >= 4 is 11.5 Å². The van der Waals surface area contributed by atoms with E-state index >= 15 is 0 Å². The molecule has 3 heterocycles. The molecule has 0 radical (unpaired) electrons. The van der Waals surface area contributed by atoms with E-state index in [1.54, 1.807) is 0 Å². The first kappa shape index (κ1) is 17.0. The number of nitrogens with two attached hydrogens (primary N) is 1. The van der Waals surface area contributed by atoms with E-state index in [1.165, 1.54) is 0 Å². The van der Waals surface area contributed by atoms with Gasteiger partial charge in [0.2, 0.25) is 0 Å². The Hall–Kier alpha value is -2.42. The Morgan fingerprint density at radius 3 is 2.73 bits per heavy atom. The quantitative estimate of drug-likeness (QED) is 0.745. The minimum Gasteiger partial charge on any atom is -0.354 e. The lowest BCUT2D eigenvalue weighted by Crippen LogP contribution is -2.44. The molecule has 2 aromatic rings. The first-order chi connectivity index (χ1) is 12.4. The molecular weight excluding hydrogens is 339 g/mol. The Bertz CT molecular complexity index is 980. The molecule has 2 atom stereocenters. The number of hydrogen-bond acceptors (Lipinski definition) is 6. The summed E-state index contributed by atoms with van der Waals surface area (Å²) in [5.41, 5.74) is -0.681. The highest BCUT2D eigenvalue weighted by molar-refractivity contribution is 5.56. The molecule has 26 heavy (non-hydrogen) atoms. The maximum atomic E-state index is 14.7. The summed E-state index contributed by atoms with van der Waals surface area (Å²) in [7, 11) is 1.91. The number of hydrogen-bond donors (Lipinski definition) is 2. The second-order valence-electron chi connectivity index (χ2n) is 7.32. The topological polar surface area (TPSA) is 97.7 Å². The van der Waals surface area contributed by atoms with Crippen LogP contribution in [-0.4, -0.2) is 40.2 Å². The lowest BCUT2D eigenvalue weighted by molar-refractivity contribution is 0.428. The zero-order chi connectivity index (χ0) is 18.6. The minimum atomic E-state index is -0.782. The van der Waals surface area contributed by atoms with Gasteiger partial charge in [-0.15, -0.1) is 0 Å². The molecule has 140 valence electrons. The van der Waals surface area contributed by atoms with E-state index in [-0.39, 0.29) is 17.4 Å². The summed E-state index contributed by atoms with van der Waals surface area (Å²) in [6.45, 7) is 3.47. The minimum absolute atomic E-state index is 0.0364. The Balaban J connectivity index is 1.84. The van der Waals surface area contributed by atoms with Crippen LogP contribution in [0.1, 0.15) is 37.7 Å². The molecule has 1 aliphatic carbocycles. The lowest BCUT2D eigenvalue weighted by atomic mass is 10.0. The summed E-state index contributed by atoms with van der Waals surface area (Å²) in [5.74, 6) is 5.63. The smallest absolute Gasteiger partial charge is 0.354 e. The first-order valence-corrected chi connectivity index (χ1v) is 8.97. The van der Waals surface area contributed by atoms with Crippen LogP contribution in [0.2, 0.25) is 0 Å². The van der Waals surface area contributed by atoms with Gasteiger partial charge in [0.05, 0.1) is 11.8 Å². The maximum Gasteiger partial charge on any atom is 0.355 e. The number of nitrogens with one attached hydrogen (secondary N) is 1. The van der Waals surface area contributed by atoms with Crippen molar-refractivity contribution in [2.24, 2.45) is 5.92 Å². The third kappa shape index (κ3) is 2.57. The Morgan fingerprint density at radius 2 is 2.08 bits per heavy atom. The lowest BCUT2D eigenvalue weighted by Gasteiger charge is -2.21. The van der Waals surface area contributed by atoms with Gasteiger partial charge in [0.1, 0.15) is 0 Å². The SMILES string of the molecule is CN[C@@H](C)[C@@H]1CCN(c2nc3c(C4CC4)c(=O)n(N)c(=O)n3cc2F)C1. The molecule has 1 aliphatic heterocycles. The van der Waals surface area contributed by atoms with Gasteiger partial charge in [-0.05, 0) is 45.1 Å². The molecule has 3 N–H and O–H groups in total. The normalized spacial score (nSPS) is 21.5. The van der Waals surface area contributed by atoms with Crippen LogP contribution < -0.4 is 27.3 Å². The molecule has 2 aromatic heterocycles. The van der Waals surface area contributed by atoms with Gasteiger partial charge < -0.3 is 16.1 Å². The van der Waals surface area contributed by atoms with Crippen LogP contribution in [0.4, 0.5) is 10.2 Å². The molecule has 0 spiro atoms. The average Bonchev–Trinajstić information content (AvgIpc) is 3.35. The Morgan fingerprint density at radius 1 is 1.35 bits per heavy atom. The van der Waals surface area contributed by atoms with Gasteiger partial charge in [0, 0.05) is 19.1 Å². The van der Waals surface area contributed by atoms with E-state index in [2.05, 4.69) is 17.2 Å². The summed E-state index contributed by atoms with van der Waals surface area (Å²) >= 11 is 0. The van der Waals surface area contributed by atoms with Crippen LogP contribution in [0.5, 0.6) is 0 Å². The molecule has 4 rings (SSSR count). The summed E-state index contributed by atoms with van der Waals surface area (Å²) in [5, 5.41) is 3.23. The largest absolute Gasteiger partial charge is 0.355 e. The standard InChI is InChI=1S/C17H23FN6O2/c1-9(20-2)11-5-6-22(7-11)14-12(18)8-23-15(21-14)13(10-3-4-10)16(25)24(19)17(23)26/h8-11,20H,3-7,19H2,1-2H3/t9-,11+/m0/s1. The number of anilines is 1. The van der Waals surface area contributed by atoms with Crippen molar-refractivity contribution in [1.82, 2.24) is 19.4 Å². The van der Waals surface area contributed by atoms with Crippen LogP contribution in [0.15, 0.2) is 15.8 Å². The molecule has 0 aromatic carbocycles. The Labute approximate surface area is 149 Å². The summed E-state index contributed by atoms with van der Waals surface area (Å²) in [4.78, 5) is 31.1. The summed E-state index contributed by atoms with van der Waals surface area (Å²) in [6, 6.07) is 0.317. The predicted octanol–water partition coefficient (Wildman–Crippen LogP) is 0.0207. The van der Waals surface area contributed by atoms with Crippen molar-refractivity contribution in [3.8, 4) is 0 Å². The van der Waals surface area contributed by atoms with Gasteiger partial charge in [-0.1, -0.05) is 0 Å². The van der Waals surface area contributed by atoms with Crippen molar-refractivity contribution in [3.63, 3.8) is 0 Å². The Kier molecular flexibility index (Phi) is 3.98. The highest BCUT2D eigenvalue weighted by Crippen LogP contribution is 2.40. The third-order valence-corrected chi connectivity index (χ3v) is 5.67.